The zero-order valence-electron chi connectivity index (χ0n) is 13.6. The number of carbonyl (C=O) groups excluding carboxylic acids is 2. The van der Waals surface area contributed by atoms with E-state index in [4.69, 9.17) is 11.6 Å². The number of carbonyl (C=O) groups is 2. The van der Waals surface area contributed by atoms with E-state index in [9.17, 15) is 9.59 Å². The SMILES string of the molecule is CC1CNCCC1NC(=O)C1CC(=O)N(c2ccc(Cl)cc2)C1.Cl. The molecule has 2 aliphatic heterocycles. The van der Waals surface area contributed by atoms with Crippen molar-refractivity contribution >= 4 is 41.5 Å². The molecule has 3 atom stereocenters. The molecular weight excluding hydrogens is 349 g/mol. The van der Waals surface area contributed by atoms with Crippen molar-refractivity contribution < 1.29 is 9.59 Å². The first-order valence-electron chi connectivity index (χ1n) is 8.11. The summed E-state index contributed by atoms with van der Waals surface area (Å²) in [6.07, 6.45) is 1.21. The highest BCUT2D eigenvalue weighted by Gasteiger charge is 2.36. The smallest absolute Gasteiger partial charge is 0.227 e. The molecule has 2 saturated heterocycles. The van der Waals surface area contributed by atoms with Gasteiger partial charge in [0.25, 0.3) is 0 Å². The number of rotatable bonds is 3. The van der Waals surface area contributed by atoms with E-state index in [0.717, 1.165) is 25.2 Å². The Hall–Kier alpha value is -1.30. The lowest BCUT2D eigenvalue weighted by molar-refractivity contribution is -0.127. The monoisotopic (exact) mass is 371 g/mol. The third kappa shape index (κ3) is 4.21. The van der Waals surface area contributed by atoms with Gasteiger partial charge in [-0.2, -0.15) is 0 Å². The first-order valence-corrected chi connectivity index (χ1v) is 8.49. The van der Waals surface area contributed by atoms with E-state index in [1.807, 2.05) is 12.1 Å². The van der Waals surface area contributed by atoms with Gasteiger partial charge in [-0.05, 0) is 49.7 Å². The van der Waals surface area contributed by atoms with Gasteiger partial charge in [0, 0.05) is 29.7 Å². The molecule has 0 radical (unpaired) electrons. The second-order valence-electron chi connectivity index (χ2n) is 6.47. The highest BCUT2D eigenvalue weighted by Crippen LogP contribution is 2.26. The van der Waals surface area contributed by atoms with E-state index >= 15 is 0 Å². The number of piperidine rings is 1. The van der Waals surface area contributed by atoms with Crippen LogP contribution in [0.4, 0.5) is 5.69 Å². The zero-order valence-corrected chi connectivity index (χ0v) is 15.2. The van der Waals surface area contributed by atoms with Crippen molar-refractivity contribution in [2.75, 3.05) is 24.5 Å². The van der Waals surface area contributed by atoms with Crippen LogP contribution in [-0.2, 0) is 9.59 Å². The van der Waals surface area contributed by atoms with Gasteiger partial charge in [-0.3, -0.25) is 9.59 Å². The Labute approximate surface area is 153 Å². The van der Waals surface area contributed by atoms with Crippen molar-refractivity contribution in [1.82, 2.24) is 10.6 Å². The lowest BCUT2D eigenvalue weighted by atomic mass is 9.94. The molecule has 1 aromatic rings. The van der Waals surface area contributed by atoms with Gasteiger partial charge in [-0.25, -0.2) is 0 Å². The summed E-state index contributed by atoms with van der Waals surface area (Å²) in [6.45, 7) is 4.42. The van der Waals surface area contributed by atoms with Crippen LogP contribution >= 0.6 is 24.0 Å². The zero-order chi connectivity index (χ0) is 16.4. The van der Waals surface area contributed by atoms with Gasteiger partial charge in [0.2, 0.25) is 11.8 Å². The van der Waals surface area contributed by atoms with E-state index < -0.39 is 0 Å². The van der Waals surface area contributed by atoms with Crippen molar-refractivity contribution in [3.63, 3.8) is 0 Å². The van der Waals surface area contributed by atoms with Crippen LogP contribution in [0, 0.1) is 11.8 Å². The standard InChI is InChI=1S/C17H22ClN3O2.ClH/c1-11-9-19-7-6-15(11)20-17(23)12-8-16(22)21(10-12)14-4-2-13(18)3-5-14;/h2-5,11-12,15,19H,6-10H2,1H3,(H,20,23);1H. The van der Waals surface area contributed by atoms with Gasteiger partial charge in [-0.15, -0.1) is 12.4 Å². The molecule has 2 heterocycles. The molecule has 2 N–H and O–H groups in total. The van der Waals surface area contributed by atoms with E-state index in [1.165, 1.54) is 0 Å². The number of nitrogens with zero attached hydrogens (tertiary/aromatic N) is 1. The minimum Gasteiger partial charge on any atom is -0.353 e. The lowest BCUT2D eigenvalue weighted by Gasteiger charge is -2.31. The Morgan fingerprint density at radius 2 is 2.04 bits per heavy atom. The lowest BCUT2D eigenvalue weighted by Crippen LogP contribution is -2.50. The van der Waals surface area contributed by atoms with Gasteiger partial charge in [-0.1, -0.05) is 18.5 Å². The number of anilines is 1. The van der Waals surface area contributed by atoms with E-state index in [2.05, 4.69) is 17.6 Å². The number of hydrogen-bond donors (Lipinski definition) is 2. The van der Waals surface area contributed by atoms with Crippen molar-refractivity contribution in [1.29, 1.82) is 0 Å². The summed E-state index contributed by atoms with van der Waals surface area (Å²) in [6, 6.07) is 7.34. The molecule has 0 aromatic heterocycles. The van der Waals surface area contributed by atoms with Crippen LogP contribution < -0.4 is 15.5 Å². The molecular formula is C17H23Cl2N3O2. The molecule has 3 rings (SSSR count). The summed E-state index contributed by atoms with van der Waals surface area (Å²) in [5.74, 6) is 0.122. The van der Waals surface area contributed by atoms with Gasteiger partial charge in [0.05, 0.1) is 5.92 Å². The van der Waals surface area contributed by atoms with Crippen molar-refractivity contribution in [2.45, 2.75) is 25.8 Å². The predicted octanol–water partition coefficient (Wildman–Crippen LogP) is 2.23. The second-order valence-corrected chi connectivity index (χ2v) is 6.90. The molecule has 2 fully saturated rings. The number of nitrogens with one attached hydrogen (secondary N) is 2. The Balaban J connectivity index is 0.00000208. The van der Waals surface area contributed by atoms with Crippen LogP contribution in [0.3, 0.4) is 0 Å². The molecule has 24 heavy (non-hydrogen) atoms. The minimum absolute atomic E-state index is 0. The van der Waals surface area contributed by atoms with E-state index in [1.54, 1.807) is 17.0 Å². The fourth-order valence-electron chi connectivity index (χ4n) is 3.28. The fourth-order valence-corrected chi connectivity index (χ4v) is 3.41. The number of hydrogen-bond acceptors (Lipinski definition) is 3. The summed E-state index contributed by atoms with van der Waals surface area (Å²) >= 11 is 5.88. The van der Waals surface area contributed by atoms with Gasteiger partial charge in [0.1, 0.15) is 0 Å². The number of halogens is 2. The van der Waals surface area contributed by atoms with Crippen LogP contribution in [0.2, 0.25) is 5.02 Å². The molecule has 0 spiro atoms. The first kappa shape index (κ1) is 19.0. The van der Waals surface area contributed by atoms with Crippen LogP contribution in [0.1, 0.15) is 19.8 Å². The molecule has 7 heteroatoms. The van der Waals surface area contributed by atoms with Crippen LogP contribution in [0.15, 0.2) is 24.3 Å². The van der Waals surface area contributed by atoms with Gasteiger partial charge < -0.3 is 15.5 Å². The quantitative estimate of drug-likeness (QED) is 0.856. The molecule has 2 amide bonds. The molecule has 2 aliphatic rings. The first-order chi connectivity index (χ1) is 11.0. The third-order valence-corrected chi connectivity index (χ3v) is 5.00. The minimum atomic E-state index is -0.278. The fraction of sp³-hybridized carbons (Fsp3) is 0.529. The second kappa shape index (κ2) is 8.19. The van der Waals surface area contributed by atoms with Crippen LogP contribution in [-0.4, -0.2) is 37.5 Å². The maximum absolute atomic E-state index is 12.5. The van der Waals surface area contributed by atoms with Gasteiger partial charge in [0.15, 0.2) is 0 Å². The topological polar surface area (TPSA) is 61.4 Å². The summed E-state index contributed by atoms with van der Waals surface area (Å²) in [5, 5.41) is 7.09. The van der Waals surface area contributed by atoms with Crippen molar-refractivity contribution in [2.24, 2.45) is 11.8 Å². The summed E-state index contributed by atoms with van der Waals surface area (Å²) in [5.41, 5.74) is 0.796. The molecule has 3 unspecified atom stereocenters. The Kier molecular flexibility index (Phi) is 6.49. The Morgan fingerprint density at radius 3 is 2.71 bits per heavy atom. The van der Waals surface area contributed by atoms with Crippen molar-refractivity contribution in [3.05, 3.63) is 29.3 Å². The maximum Gasteiger partial charge on any atom is 0.227 e. The molecule has 5 nitrogen and oxygen atoms in total. The summed E-state index contributed by atoms with van der Waals surface area (Å²) < 4.78 is 0. The molecule has 0 aliphatic carbocycles. The predicted molar refractivity (Wildman–Crippen MR) is 97.7 cm³/mol. The number of benzene rings is 1. The van der Waals surface area contributed by atoms with Crippen molar-refractivity contribution in [3.8, 4) is 0 Å². The molecule has 132 valence electrons. The Morgan fingerprint density at radius 1 is 1.33 bits per heavy atom. The average molecular weight is 372 g/mol. The highest BCUT2D eigenvalue weighted by atomic mass is 35.5. The maximum atomic E-state index is 12.5. The van der Waals surface area contributed by atoms with Gasteiger partial charge >= 0.3 is 0 Å². The van der Waals surface area contributed by atoms with E-state index in [-0.39, 0.29) is 42.6 Å². The third-order valence-electron chi connectivity index (χ3n) is 4.75. The molecule has 0 saturated carbocycles. The summed E-state index contributed by atoms with van der Waals surface area (Å²) in [4.78, 5) is 26.4. The highest BCUT2D eigenvalue weighted by molar-refractivity contribution is 6.30. The van der Waals surface area contributed by atoms with E-state index in [0.29, 0.717) is 17.5 Å². The van der Waals surface area contributed by atoms with Crippen LogP contribution in [0.25, 0.3) is 0 Å². The largest absolute Gasteiger partial charge is 0.353 e. The molecule has 1 aromatic carbocycles. The normalized spacial score (nSPS) is 26.8. The Bertz CT molecular complexity index is 594. The summed E-state index contributed by atoms with van der Waals surface area (Å²) in [7, 11) is 0. The van der Waals surface area contributed by atoms with Crippen LogP contribution in [0.5, 0.6) is 0 Å². The number of amides is 2. The molecule has 0 bridgehead atoms. The average Bonchev–Trinajstić information content (AvgIpc) is 2.92.